The number of esters is 1. The molecular weight excluding hydrogens is 152 g/mol. The van der Waals surface area contributed by atoms with Crippen LogP contribution in [0.25, 0.3) is 0 Å². The molecule has 1 fully saturated rings. The summed E-state index contributed by atoms with van der Waals surface area (Å²) in [6.07, 6.45) is 8.42. The van der Waals surface area contributed by atoms with Gasteiger partial charge in [-0.05, 0) is 32.1 Å². The average molecular weight is 169 g/mol. The largest absolute Gasteiger partial charge is 0.462 e. The van der Waals surface area contributed by atoms with E-state index in [-0.39, 0.29) is 12.1 Å². The summed E-state index contributed by atoms with van der Waals surface area (Å²) in [4.78, 5) is 11.0. The highest BCUT2D eigenvalue weighted by Crippen LogP contribution is 2.20. The van der Waals surface area contributed by atoms with Crippen LogP contribution in [0.3, 0.4) is 0 Å². The van der Waals surface area contributed by atoms with E-state index in [1.54, 1.807) is 6.42 Å². The van der Waals surface area contributed by atoms with E-state index in [1.807, 2.05) is 6.92 Å². The summed E-state index contributed by atoms with van der Waals surface area (Å²) in [6.45, 7) is 1.95. The quantitative estimate of drug-likeness (QED) is 0.607. The van der Waals surface area contributed by atoms with Gasteiger partial charge in [-0.25, -0.2) is 0 Å². The minimum Gasteiger partial charge on any atom is -0.462 e. The first-order chi connectivity index (χ1) is 5.83. The van der Waals surface area contributed by atoms with Crippen molar-refractivity contribution in [1.29, 1.82) is 0 Å². The van der Waals surface area contributed by atoms with Gasteiger partial charge in [0.1, 0.15) is 6.10 Å². The smallest absolute Gasteiger partial charge is 0.310 e. The van der Waals surface area contributed by atoms with Crippen LogP contribution in [-0.2, 0) is 9.53 Å². The molecule has 0 unspecified atom stereocenters. The van der Waals surface area contributed by atoms with E-state index in [4.69, 9.17) is 4.74 Å². The van der Waals surface area contributed by atoms with Crippen LogP contribution in [0.15, 0.2) is 0 Å². The van der Waals surface area contributed by atoms with Crippen LogP contribution < -0.4 is 0 Å². The summed E-state index contributed by atoms with van der Waals surface area (Å²) in [7, 11) is 0. The number of rotatable bonds is 3. The summed E-state index contributed by atoms with van der Waals surface area (Å²) < 4.78 is 5.24. The van der Waals surface area contributed by atoms with Crippen LogP contribution >= 0.6 is 0 Å². The van der Waals surface area contributed by atoms with Crippen LogP contribution in [0.5, 0.6) is 0 Å². The first-order valence-corrected chi connectivity index (χ1v) is 4.86. The second-order valence-electron chi connectivity index (χ2n) is 3.31. The van der Waals surface area contributed by atoms with Gasteiger partial charge in [-0.2, -0.15) is 0 Å². The Bertz CT molecular complexity index is 137. The number of ether oxygens (including phenoxy) is 1. The molecule has 0 aromatic carbocycles. The highest BCUT2D eigenvalue weighted by atomic mass is 16.5. The molecule has 1 rings (SSSR count). The third-order valence-electron chi connectivity index (χ3n) is 2.21. The molecule has 69 valence electrons. The Balaban J connectivity index is 2.15. The third-order valence-corrected chi connectivity index (χ3v) is 2.21. The van der Waals surface area contributed by atoms with E-state index in [9.17, 15) is 4.79 Å². The Labute approximate surface area is 74.3 Å². The maximum Gasteiger partial charge on any atom is 0.310 e. The van der Waals surface area contributed by atoms with Crippen molar-refractivity contribution >= 4 is 5.97 Å². The van der Waals surface area contributed by atoms with Crippen molar-refractivity contribution in [3.05, 3.63) is 6.42 Å². The van der Waals surface area contributed by atoms with E-state index in [1.165, 1.54) is 19.3 Å². The van der Waals surface area contributed by atoms with Gasteiger partial charge in [-0.3, -0.25) is 4.79 Å². The molecule has 1 saturated carbocycles. The van der Waals surface area contributed by atoms with E-state index < -0.39 is 0 Å². The molecule has 0 spiro atoms. The molecule has 0 aromatic heterocycles. The van der Waals surface area contributed by atoms with Crippen molar-refractivity contribution in [2.24, 2.45) is 0 Å². The highest BCUT2D eigenvalue weighted by Gasteiger charge is 2.16. The Morgan fingerprint density at radius 1 is 1.42 bits per heavy atom. The number of hydrogen-bond donors (Lipinski definition) is 0. The molecule has 0 saturated heterocycles. The van der Waals surface area contributed by atoms with Gasteiger partial charge in [0, 0.05) is 0 Å². The molecular formula is C10H17O2. The van der Waals surface area contributed by atoms with Crippen molar-refractivity contribution in [2.75, 3.05) is 0 Å². The first-order valence-electron chi connectivity index (χ1n) is 4.86. The minimum absolute atomic E-state index is 0.135. The van der Waals surface area contributed by atoms with Gasteiger partial charge in [0.15, 0.2) is 0 Å². The van der Waals surface area contributed by atoms with E-state index in [0.29, 0.717) is 0 Å². The van der Waals surface area contributed by atoms with Crippen molar-refractivity contribution in [3.8, 4) is 0 Å². The van der Waals surface area contributed by atoms with Crippen molar-refractivity contribution < 1.29 is 9.53 Å². The molecule has 0 aliphatic heterocycles. The minimum atomic E-state index is -0.135. The predicted molar refractivity (Wildman–Crippen MR) is 47.6 cm³/mol. The van der Waals surface area contributed by atoms with Crippen molar-refractivity contribution in [2.45, 2.75) is 51.6 Å². The van der Waals surface area contributed by atoms with E-state index >= 15 is 0 Å². The lowest BCUT2D eigenvalue weighted by atomic mass is 9.98. The normalized spacial score (nSPS) is 19.1. The maximum atomic E-state index is 11.0. The van der Waals surface area contributed by atoms with Gasteiger partial charge in [-0.15, -0.1) is 0 Å². The van der Waals surface area contributed by atoms with Gasteiger partial charge < -0.3 is 4.74 Å². The predicted octanol–water partition coefficient (Wildman–Crippen LogP) is 2.48. The summed E-state index contributed by atoms with van der Waals surface area (Å²) in [5.74, 6) is -0.135. The van der Waals surface area contributed by atoms with E-state index in [2.05, 4.69) is 0 Å². The summed E-state index contributed by atoms with van der Waals surface area (Å²) in [5.41, 5.74) is 0. The Hall–Kier alpha value is -0.530. The highest BCUT2D eigenvalue weighted by molar-refractivity contribution is 5.78. The Kier molecular flexibility index (Phi) is 4.12. The summed E-state index contributed by atoms with van der Waals surface area (Å²) in [6, 6.07) is 0. The van der Waals surface area contributed by atoms with Crippen LogP contribution in [0.1, 0.15) is 45.4 Å². The van der Waals surface area contributed by atoms with Crippen LogP contribution in [0, 0.1) is 6.42 Å². The van der Waals surface area contributed by atoms with Crippen molar-refractivity contribution in [3.63, 3.8) is 0 Å². The molecule has 2 nitrogen and oxygen atoms in total. The monoisotopic (exact) mass is 169 g/mol. The fourth-order valence-corrected chi connectivity index (χ4v) is 1.56. The van der Waals surface area contributed by atoms with Gasteiger partial charge in [-0.1, -0.05) is 13.3 Å². The van der Waals surface area contributed by atoms with Crippen molar-refractivity contribution in [1.82, 2.24) is 0 Å². The molecule has 0 aromatic rings. The molecule has 2 heteroatoms. The molecule has 0 heterocycles. The van der Waals surface area contributed by atoms with Crippen LogP contribution in [0.4, 0.5) is 0 Å². The summed E-state index contributed by atoms with van der Waals surface area (Å²) in [5, 5.41) is 0. The lowest BCUT2D eigenvalue weighted by Crippen LogP contribution is -2.20. The lowest BCUT2D eigenvalue weighted by molar-refractivity contribution is -0.146. The molecule has 1 aliphatic carbocycles. The summed E-state index contributed by atoms with van der Waals surface area (Å²) >= 11 is 0. The van der Waals surface area contributed by atoms with Gasteiger partial charge >= 0.3 is 5.97 Å². The molecule has 0 bridgehead atoms. The number of carbonyl (C=O) groups is 1. The molecule has 0 amide bonds. The molecule has 1 aliphatic rings. The zero-order valence-electron chi connectivity index (χ0n) is 7.71. The number of hydrogen-bond acceptors (Lipinski definition) is 2. The number of carbonyl (C=O) groups excluding carboxylic acids is 1. The van der Waals surface area contributed by atoms with Crippen LogP contribution in [0.2, 0.25) is 0 Å². The van der Waals surface area contributed by atoms with E-state index in [0.717, 1.165) is 19.3 Å². The zero-order valence-corrected chi connectivity index (χ0v) is 7.71. The second kappa shape index (κ2) is 5.18. The molecule has 1 radical (unpaired) electrons. The molecule has 0 atom stereocenters. The fraction of sp³-hybridized carbons (Fsp3) is 0.800. The first kappa shape index (κ1) is 9.56. The molecule has 12 heavy (non-hydrogen) atoms. The van der Waals surface area contributed by atoms with Crippen LogP contribution in [-0.4, -0.2) is 12.1 Å². The third kappa shape index (κ3) is 3.24. The van der Waals surface area contributed by atoms with Gasteiger partial charge in [0.2, 0.25) is 0 Å². The molecule has 0 N–H and O–H groups in total. The topological polar surface area (TPSA) is 26.3 Å². The maximum absolute atomic E-state index is 11.0. The Morgan fingerprint density at radius 3 is 2.67 bits per heavy atom. The fourth-order valence-electron chi connectivity index (χ4n) is 1.56. The van der Waals surface area contributed by atoms with Gasteiger partial charge in [0.25, 0.3) is 0 Å². The zero-order chi connectivity index (χ0) is 8.81. The Morgan fingerprint density at radius 2 is 2.08 bits per heavy atom. The SMILES string of the molecule is CC[CH]C(=O)OC1CCCCC1. The average Bonchev–Trinajstić information content (AvgIpc) is 2.06. The standard InChI is InChI=1S/C10H17O2/c1-2-6-10(11)12-9-7-4-3-5-8-9/h6,9H,2-5,7-8H2,1H3. The second-order valence-corrected chi connectivity index (χ2v) is 3.31. The van der Waals surface area contributed by atoms with Gasteiger partial charge in [0.05, 0.1) is 6.42 Å². The lowest BCUT2D eigenvalue weighted by Gasteiger charge is -2.21.